The Balaban J connectivity index is 1.06. The summed E-state index contributed by atoms with van der Waals surface area (Å²) < 4.78 is 168. The van der Waals surface area contributed by atoms with Gasteiger partial charge in [-0.1, -0.05) is 288 Å². The molecule has 0 spiro atoms. The quantitative estimate of drug-likeness (QED) is 0.0593. The average molecular weight is 1550 g/mol. The third-order valence-electron chi connectivity index (χ3n) is 23.2. The van der Waals surface area contributed by atoms with Crippen molar-refractivity contribution in [3.8, 4) is 0 Å². The van der Waals surface area contributed by atoms with Crippen LogP contribution in [0.2, 0.25) is 26.2 Å². The zero-order valence-corrected chi connectivity index (χ0v) is 65.4. The Morgan fingerprint density at radius 2 is 0.491 bits per heavy atom. The molecule has 0 aliphatic carbocycles. The van der Waals surface area contributed by atoms with Crippen LogP contribution in [-0.2, 0) is 0 Å². The maximum absolute atomic E-state index is 17.7. The summed E-state index contributed by atoms with van der Waals surface area (Å²) in [6.07, 6.45) is 6.66. The first kappa shape index (κ1) is 74.5. The number of hydrogen-bond acceptors (Lipinski definition) is 2. The van der Waals surface area contributed by atoms with Gasteiger partial charge in [-0.15, -0.1) is 0 Å². The summed E-state index contributed by atoms with van der Waals surface area (Å²) in [5, 5.41) is 3.67. The molecule has 4 atom stereocenters. The standard InChI is InChI=1S/C98H74F10N4Si2/c1-53-29-37-61(38-30-53)73-65-45-49-69(109-65)81(83-85(99)89(103)93(107)90(104)86(83)100)70-50-47-67(111-70)75(63-41-33-55(3)34-42-63)97-79(59-25-17-11-18-26-59)80(60-27-19-12-20-28-60)98(114(97,7)8)76(64-43-35-56(4)36-44-64)68-48-52-72(112-68)82(84-87(101)91(105)94(108)92(106)88(84)102)71-51-46-66(110-71)74(62-39-31-54(2)32-40-62)96-78(58-23-15-10-16-24-58)77(95(73)113(96,5)6)57-21-13-9-14-22-57/h9-52,73-76,109-110H,1-8H3/b81-70+,82-72+. The number of hydrogen-bond donors (Lipinski definition) is 2. The van der Waals surface area contributed by atoms with E-state index < -0.39 is 120 Å². The third kappa shape index (κ3) is 12.4. The zero-order valence-electron chi connectivity index (χ0n) is 63.4. The monoisotopic (exact) mass is 1550 g/mol. The predicted molar refractivity (Wildman–Crippen MR) is 442 cm³/mol. The van der Waals surface area contributed by atoms with E-state index in [0.29, 0.717) is 22.8 Å². The first-order chi connectivity index (χ1) is 54.9. The number of halogens is 10. The lowest BCUT2D eigenvalue weighted by Crippen LogP contribution is -2.39. The first-order valence-electron chi connectivity index (χ1n) is 37.8. The minimum atomic E-state index is -3.59. The van der Waals surface area contributed by atoms with Crippen LogP contribution in [0.4, 0.5) is 43.9 Å². The number of aliphatic imine (C=N–C) groups is 2. The molecule has 5 aliphatic rings. The largest absolute Gasteiger partial charge is 0.358 e. The van der Waals surface area contributed by atoms with Gasteiger partial charge in [-0.25, -0.2) is 43.9 Å². The number of aryl methyl sites for hydroxylation is 4. The van der Waals surface area contributed by atoms with E-state index in [4.69, 9.17) is 9.98 Å². The van der Waals surface area contributed by atoms with Crippen molar-refractivity contribution in [2.45, 2.75) is 77.6 Å². The normalized spacial score (nSPS) is 19.8. The molecule has 17 rings (SSSR count). The van der Waals surface area contributed by atoms with Gasteiger partial charge in [0.05, 0.1) is 33.9 Å². The molecule has 0 radical (unpaired) electrons. The van der Waals surface area contributed by atoms with Crippen LogP contribution in [0.3, 0.4) is 0 Å². The van der Waals surface area contributed by atoms with Gasteiger partial charge >= 0.3 is 0 Å². The summed E-state index contributed by atoms with van der Waals surface area (Å²) in [5.41, 5.74) is 11.6. The Labute approximate surface area is 656 Å². The molecule has 0 amide bonds. The first-order valence-corrected chi connectivity index (χ1v) is 43.8. The highest BCUT2D eigenvalue weighted by Gasteiger charge is 2.53. The van der Waals surface area contributed by atoms with Crippen molar-refractivity contribution < 1.29 is 43.9 Å². The lowest BCUT2D eigenvalue weighted by molar-refractivity contribution is 0.376. The molecule has 4 nitrogen and oxygen atoms in total. The van der Waals surface area contributed by atoms with Crippen LogP contribution in [-0.4, -0.2) is 37.5 Å². The highest BCUT2D eigenvalue weighted by molar-refractivity contribution is 6.96. The molecule has 5 aliphatic heterocycles. The summed E-state index contributed by atoms with van der Waals surface area (Å²) in [4.78, 5) is 18.3. The molecule has 12 aromatic rings. The van der Waals surface area contributed by atoms with Crippen LogP contribution in [0.15, 0.2) is 309 Å². The lowest BCUT2D eigenvalue weighted by Gasteiger charge is -2.35. The van der Waals surface area contributed by atoms with E-state index in [9.17, 15) is 0 Å². The third-order valence-corrected chi connectivity index (χ3v) is 30.8. The number of fused-ring (bicyclic) bond motifs is 10. The molecule has 0 saturated heterocycles. The second-order valence-corrected chi connectivity index (χ2v) is 39.7. The number of aromatic amines is 2. The van der Waals surface area contributed by atoms with E-state index >= 15 is 43.9 Å². The summed E-state index contributed by atoms with van der Waals surface area (Å²) in [5.74, 6) is -24.7. The van der Waals surface area contributed by atoms with E-state index in [1.54, 1.807) is 48.6 Å². The van der Waals surface area contributed by atoms with Gasteiger partial charge < -0.3 is 9.97 Å². The van der Waals surface area contributed by atoms with Gasteiger partial charge in [0.25, 0.3) is 0 Å². The second kappa shape index (κ2) is 29.1. The fourth-order valence-electron chi connectivity index (χ4n) is 18.0. The van der Waals surface area contributed by atoms with Crippen LogP contribution in [0.25, 0.3) is 33.4 Å². The van der Waals surface area contributed by atoms with E-state index in [-0.39, 0.29) is 22.8 Å². The number of allylic oxidation sites excluding steroid dienone is 12. The summed E-state index contributed by atoms with van der Waals surface area (Å²) in [7, 11) is -7.15. The van der Waals surface area contributed by atoms with Crippen molar-refractivity contribution >= 4 is 61.0 Å². The van der Waals surface area contributed by atoms with E-state index in [1.807, 2.05) is 246 Å². The van der Waals surface area contributed by atoms with Gasteiger partial charge in [-0.05, 0) is 143 Å². The molecule has 2 aromatic heterocycles. The molecule has 114 heavy (non-hydrogen) atoms. The number of nitrogens with one attached hydrogen (secondary N) is 2. The Morgan fingerprint density at radius 1 is 0.254 bits per heavy atom. The molecular formula is C98H74F10N4Si2. The smallest absolute Gasteiger partial charge is 0.200 e. The maximum Gasteiger partial charge on any atom is 0.200 e. The number of aromatic nitrogens is 2. The second-order valence-electron chi connectivity index (χ2n) is 31.0. The van der Waals surface area contributed by atoms with Gasteiger partial charge in [-0.3, -0.25) is 9.98 Å². The molecule has 10 aromatic carbocycles. The van der Waals surface area contributed by atoms with Crippen molar-refractivity contribution in [1.82, 2.24) is 9.97 Å². The van der Waals surface area contributed by atoms with E-state index in [1.165, 1.54) is 0 Å². The minimum Gasteiger partial charge on any atom is -0.358 e. The topological polar surface area (TPSA) is 56.3 Å². The average Bonchev–Trinajstić information content (AvgIpc) is 1.55. The molecule has 2 N–H and O–H groups in total. The Kier molecular flexibility index (Phi) is 19.0. The van der Waals surface area contributed by atoms with Crippen molar-refractivity contribution in [3.05, 3.63) is 458 Å². The lowest BCUT2D eigenvalue weighted by atomic mass is 9.82. The van der Waals surface area contributed by atoms with Crippen molar-refractivity contribution in [1.29, 1.82) is 0 Å². The fraction of sp³-hybridized carbons (Fsp3) is 0.122. The van der Waals surface area contributed by atoms with Gasteiger partial charge in [0.15, 0.2) is 46.5 Å². The summed E-state index contributed by atoms with van der Waals surface area (Å²) in [6, 6.07) is 78.3. The van der Waals surface area contributed by atoms with Gasteiger partial charge in [0.2, 0.25) is 11.6 Å². The number of H-pyrrole nitrogens is 2. The fourth-order valence-corrected chi connectivity index (χ4v) is 26.3. The van der Waals surface area contributed by atoms with Crippen molar-refractivity contribution in [2.75, 3.05) is 0 Å². The number of rotatable bonds is 10. The maximum atomic E-state index is 17.7. The molecule has 0 saturated carbocycles. The zero-order chi connectivity index (χ0) is 79.5. The Hall–Kier alpha value is -12.2. The van der Waals surface area contributed by atoms with Gasteiger partial charge in [0, 0.05) is 57.6 Å². The number of benzene rings is 10. The summed E-state index contributed by atoms with van der Waals surface area (Å²) in [6.45, 7) is 16.8. The molecule has 7 heterocycles. The van der Waals surface area contributed by atoms with Crippen molar-refractivity contribution in [3.63, 3.8) is 0 Å². The van der Waals surface area contributed by atoms with Crippen LogP contribution in [0, 0.1) is 85.9 Å². The van der Waals surface area contributed by atoms with Gasteiger partial charge in [-0.2, -0.15) is 0 Å². The van der Waals surface area contributed by atoms with E-state index in [2.05, 4.69) is 36.2 Å². The molecule has 564 valence electrons. The Morgan fingerprint density at radius 3 is 0.754 bits per heavy atom. The minimum absolute atomic E-state index is 0.0121. The number of nitrogens with zero attached hydrogens (tertiary/aromatic N) is 2. The Bertz CT molecular complexity index is 5840. The highest BCUT2D eigenvalue weighted by Crippen LogP contribution is 2.61. The highest BCUT2D eigenvalue weighted by atomic mass is 28.3. The van der Waals surface area contributed by atoms with E-state index in [0.717, 1.165) is 110 Å². The molecule has 16 heteroatoms. The van der Waals surface area contributed by atoms with Crippen LogP contribution >= 0.6 is 0 Å². The molecule has 12 bridgehead atoms. The van der Waals surface area contributed by atoms with Crippen LogP contribution in [0.5, 0.6) is 0 Å². The SMILES string of the molecule is Cc1ccc(C2C3=N/C(=C(/c4c(F)c(F)c(F)c(F)c4F)c4ccc([nH]4)C(c4ccc(C)cc4)C4=C(c5ccccc5)C(c5ccccc5)=C(C(c5ccc(C)cc5)c5ccc([nH]5)/C(c5c(F)c(F)c(F)c(F)c5F)=C5/C=CC(=N5)C(c5ccc(C)cc5)C5=C(c6ccccc6)C(c6ccccc6)=C2[Si]5(C)C)[Si]4(C)C)C=C3)cc1. The van der Waals surface area contributed by atoms with Gasteiger partial charge in [0.1, 0.15) is 16.1 Å². The molecule has 0 fully saturated rings. The van der Waals surface area contributed by atoms with Crippen LogP contribution in [0.1, 0.15) is 124 Å². The predicted octanol–water partition coefficient (Wildman–Crippen LogP) is 25.5. The molecular weight excluding hydrogens is 1480 g/mol. The summed E-state index contributed by atoms with van der Waals surface area (Å²) >= 11 is 0. The molecule has 4 unspecified atom stereocenters. The van der Waals surface area contributed by atoms with Crippen molar-refractivity contribution in [2.24, 2.45) is 9.98 Å². The van der Waals surface area contributed by atoms with Crippen LogP contribution < -0.4 is 0 Å².